The number of hydrogen-bond donors (Lipinski definition) is 1. The molecule has 0 bridgehead atoms. The van der Waals surface area contributed by atoms with Gasteiger partial charge < -0.3 is 5.73 Å². The highest BCUT2D eigenvalue weighted by Crippen LogP contribution is 2.03. The Morgan fingerprint density at radius 1 is 1.64 bits per heavy atom. The van der Waals surface area contributed by atoms with Crippen LogP contribution in [0, 0.1) is 0 Å². The molecule has 0 aliphatic carbocycles. The molecule has 0 spiro atoms. The lowest BCUT2D eigenvalue weighted by Crippen LogP contribution is -2.07. The first-order chi connectivity index (χ1) is 6.76. The summed E-state index contributed by atoms with van der Waals surface area (Å²) in [6, 6.07) is 0. The Morgan fingerprint density at radius 3 is 3.00 bits per heavy atom. The zero-order valence-electron chi connectivity index (χ0n) is 8.48. The van der Waals surface area contributed by atoms with Crippen LogP contribution >= 0.6 is 0 Å². The predicted octanol–water partition coefficient (Wildman–Crippen LogP) is 0.500. The van der Waals surface area contributed by atoms with Crippen molar-refractivity contribution in [3.8, 4) is 0 Å². The van der Waals surface area contributed by atoms with Gasteiger partial charge in [0, 0.05) is 34.9 Å². The van der Waals surface area contributed by atoms with Crippen molar-refractivity contribution in [2.75, 3.05) is 12.3 Å². The summed E-state index contributed by atoms with van der Waals surface area (Å²) in [4.78, 5) is 0. The summed E-state index contributed by atoms with van der Waals surface area (Å²) in [6.45, 7) is 3.50. The lowest BCUT2D eigenvalue weighted by atomic mass is 10.4. The first kappa shape index (κ1) is 11.4. The molecular weight excluding hydrogens is 198 g/mol. The summed E-state index contributed by atoms with van der Waals surface area (Å²) in [7, 11) is -0.793. The first-order valence-corrected chi connectivity index (χ1v) is 6.31. The van der Waals surface area contributed by atoms with E-state index in [1.165, 1.54) is 0 Å². The van der Waals surface area contributed by atoms with Crippen molar-refractivity contribution in [1.29, 1.82) is 0 Å². The highest BCUT2D eigenvalue weighted by atomic mass is 32.2. The summed E-state index contributed by atoms with van der Waals surface area (Å²) < 4.78 is 13.3. The summed E-state index contributed by atoms with van der Waals surface area (Å²) in [6.07, 6.45) is 4.55. The minimum absolute atomic E-state index is 0.597. The minimum atomic E-state index is -0.793. The Bertz CT molecular complexity index is 298. The number of hydrogen-bond acceptors (Lipinski definition) is 3. The van der Waals surface area contributed by atoms with Gasteiger partial charge in [-0.1, -0.05) is 0 Å². The molecule has 4 nitrogen and oxygen atoms in total. The van der Waals surface area contributed by atoms with Crippen molar-refractivity contribution in [3.63, 3.8) is 0 Å². The number of aryl methyl sites for hydroxylation is 1. The molecule has 0 aromatic carbocycles. The molecule has 14 heavy (non-hydrogen) atoms. The molecule has 0 saturated carbocycles. The standard InChI is InChI=1S/C9H17N3OS/c1-2-12-7-9(6-11-12)8-14(13)5-3-4-10/h6-7H,2-5,8,10H2,1H3. The third-order valence-electron chi connectivity index (χ3n) is 1.91. The third kappa shape index (κ3) is 3.59. The van der Waals surface area contributed by atoms with Gasteiger partial charge in [-0.25, -0.2) is 0 Å². The quantitative estimate of drug-likeness (QED) is 0.751. The van der Waals surface area contributed by atoms with E-state index in [0.717, 1.165) is 18.5 Å². The Morgan fingerprint density at radius 2 is 2.43 bits per heavy atom. The maximum atomic E-state index is 11.5. The fourth-order valence-corrected chi connectivity index (χ4v) is 2.31. The fraction of sp³-hybridized carbons (Fsp3) is 0.667. The number of nitrogens with two attached hydrogens (primary N) is 1. The van der Waals surface area contributed by atoms with Gasteiger partial charge in [-0.3, -0.25) is 8.89 Å². The minimum Gasteiger partial charge on any atom is -0.330 e. The molecule has 1 atom stereocenters. The summed E-state index contributed by atoms with van der Waals surface area (Å²) in [5.41, 5.74) is 6.39. The van der Waals surface area contributed by atoms with Crippen molar-refractivity contribution < 1.29 is 4.21 Å². The molecule has 0 aliphatic rings. The number of nitrogens with zero attached hydrogens (tertiary/aromatic N) is 2. The van der Waals surface area contributed by atoms with E-state index in [0.29, 0.717) is 18.1 Å². The zero-order chi connectivity index (χ0) is 10.4. The van der Waals surface area contributed by atoms with E-state index in [9.17, 15) is 4.21 Å². The molecule has 1 aromatic rings. The van der Waals surface area contributed by atoms with Gasteiger partial charge in [0.15, 0.2) is 0 Å². The van der Waals surface area contributed by atoms with E-state index in [4.69, 9.17) is 5.73 Å². The SMILES string of the molecule is CCn1cc(CS(=O)CCCN)cn1. The monoisotopic (exact) mass is 215 g/mol. The van der Waals surface area contributed by atoms with Gasteiger partial charge in [-0.15, -0.1) is 0 Å². The smallest absolute Gasteiger partial charge is 0.0531 e. The molecule has 1 aromatic heterocycles. The lowest BCUT2D eigenvalue weighted by Gasteiger charge is -1.98. The predicted molar refractivity (Wildman–Crippen MR) is 58.3 cm³/mol. The molecule has 0 radical (unpaired) electrons. The molecule has 1 unspecified atom stereocenters. The Balaban J connectivity index is 2.39. The molecule has 1 rings (SSSR count). The highest BCUT2D eigenvalue weighted by Gasteiger charge is 2.03. The topological polar surface area (TPSA) is 60.9 Å². The Kier molecular flexibility index (Phi) is 4.82. The Labute approximate surface area is 86.9 Å². The molecule has 5 heteroatoms. The Hall–Kier alpha value is -0.680. The van der Waals surface area contributed by atoms with Gasteiger partial charge in [0.25, 0.3) is 0 Å². The van der Waals surface area contributed by atoms with Crippen molar-refractivity contribution in [1.82, 2.24) is 9.78 Å². The third-order valence-corrected chi connectivity index (χ3v) is 3.31. The van der Waals surface area contributed by atoms with Crippen molar-refractivity contribution in [3.05, 3.63) is 18.0 Å². The molecule has 0 fully saturated rings. The van der Waals surface area contributed by atoms with Crippen LogP contribution in [-0.2, 0) is 23.1 Å². The second-order valence-electron chi connectivity index (χ2n) is 3.13. The van der Waals surface area contributed by atoms with Crippen molar-refractivity contribution in [2.45, 2.75) is 25.6 Å². The molecular formula is C9H17N3OS. The van der Waals surface area contributed by atoms with E-state index in [1.54, 1.807) is 6.20 Å². The van der Waals surface area contributed by atoms with Gasteiger partial charge in [-0.2, -0.15) is 5.10 Å². The van der Waals surface area contributed by atoms with E-state index in [1.807, 2.05) is 17.8 Å². The van der Waals surface area contributed by atoms with Crippen molar-refractivity contribution in [2.24, 2.45) is 5.73 Å². The average molecular weight is 215 g/mol. The van der Waals surface area contributed by atoms with Crippen LogP contribution in [0.2, 0.25) is 0 Å². The summed E-state index contributed by atoms with van der Waals surface area (Å²) in [5, 5.41) is 4.13. The van der Waals surface area contributed by atoms with E-state index >= 15 is 0 Å². The first-order valence-electron chi connectivity index (χ1n) is 4.82. The van der Waals surface area contributed by atoms with Crippen LogP contribution in [0.5, 0.6) is 0 Å². The second kappa shape index (κ2) is 5.93. The van der Waals surface area contributed by atoms with Crippen LogP contribution in [0.25, 0.3) is 0 Å². The van der Waals surface area contributed by atoms with Crippen LogP contribution in [0.1, 0.15) is 18.9 Å². The van der Waals surface area contributed by atoms with Crippen molar-refractivity contribution >= 4 is 10.8 Å². The van der Waals surface area contributed by atoms with Crippen LogP contribution < -0.4 is 5.73 Å². The van der Waals surface area contributed by atoms with Crippen LogP contribution in [0.4, 0.5) is 0 Å². The summed E-state index contributed by atoms with van der Waals surface area (Å²) in [5.74, 6) is 1.29. The van der Waals surface area contributed by atoms with Gasteiger partial charge in [0.2, 0.25) is 0 Å². The maximum Gasteiger partial charge on any atom is 0.0531 e. The number of aromatic nitrogens is 2. The zero-order valence-corrected chi connectivity index (χ0v) is 9.30. The van der Waals surface area contributed by atoms with Crippen LogP contribution in [-0.4, -0.2) is 26.3 Å². The van der Waals surface area contributed by atoms with Gasteiger partial charge in [-0.05, 0) is 19.9 Å². The molecule has 0 aliphatic heterocycles. The van der Waals surface area contributed by atoms with Crippen LogP contribution in [0.3, 0.4) is 0 Å². The lowest BCUT2D eigenvalue weighted by molar-refractivity contribution is 0.659. The molecule has 80 valence electrons. The summed E-state index contributed by atoms with van der Waals surface area (Å²) >= 11 is 0. The van der Waals surface area contributed by atoms with Gasteiger partial charge in [0.05, 0.1) is 11.9 Å². The average Bonchev–Trinajstić information content (AvgIpc) is 2.62. The van der Waals surface area contributed by atoms with E-state index in [2.05, 4.69) is 5.10 Å². The highest BCUT2D eigenvalue weighted by molar-refractivity contribution is 7.84. The number of rotatable bonds is 6. The van der Waals surface area contributed by atoms with Gasteiger partial charge in [0.1, 0.15) is 0 Å². The molecule has 1 heterocycles. The molecule has 0 saturated heterocycles. The van der Waals surface area contributed by atoms with Gasteiger partial charge >= 0.3 is 0 Å². The maximum absolute atomic E-state index is 11.5. The normalized spacial score (nSPS) is 13.0. The largest absolute Gasteiger partial charge is 0.330 e. The van der Waals surface area contributed by atoms with E-state index < -0.39 is 10.8 Å². The fourth-order valence-electron chi connectivity index (χ4n) is 1.16. The second-order valence-corrected chi connectivity index (χ2v) is 4.71. The van der Waals surface area contributed by atoms with Crippen LogP contribution in [0.15, 0.2) is 12.4 Å². The molecule has 2 N–H and O–H groups in total. The molecule has 0 amide bonds. The van der Waals surface area contributed by atoms with E-state index in [-0.39, 0.29) is 0 Å².